The van der Waals surface area contributed by atoms with E-state index in [4.69, 9.17) is 9.73 Å². The van der Waals surface area contributed by atoms with E-state index < -0.39 is 10.0 Å². The normalized spacial score (nSPS) is 15.6. The van der Waals surface area contributed by atoms with Gasteiger partial charge < -0.3 is 14.2 Å². The van der Waals surface area contributed by atoms with Gasteiger partial charge in [0.15, 0.2) is 4.80 Å². The van der Waals surface area contributed by atoms with E-state index in [2.05, 4.69) is 23.3 Å². The second-order valence-corrected chi connectivity index (χ2v) is 11.3. The topological polar surface area (TPSA) is 67.1 Å². The molecule has 0 amide bonds. The maximum Gasteiger partial charge on any atom is 0.243 e. The molecule has 194 valence electrons. The number of thiazole rings is 1. The summed E-state index contributed by atoms with van der Waals surface area (Å²) in [5, 5.41) is 2.04. The van der Waals surface area contributed by atoms with E-state index in [0.717, 1.165) is 48.7 Å². The number of aromatic nitrogens is 1. The highest BCUT2D eigenvalue weighted by atomic mass is 32.2. The lowest BCUT2D eigenvalue weighted by Gasteiger charge is -2.26. The van der Waals surface area contributed by atoms with Crippen molar-refractivity contribution in [1.82, 2.24) is 13.8 Å². The Balaban J connectivity index is 1.62. The van der Waals surface area contributed by atoms with E-state index in [1.807, 2.05) is 5.38 Å². The van der Waals surface area contributed by atoms with Crippen molar-refractivity contribution in [2.75, 3.05) is 45.9 Å². The summed E-state index contributed by atoms with van der Waals surface area (Å²) in [7, 11) is -3.55. The molecule has 0 bridgehead atoms. The number of hydrogen-bond acceptors (Lipinski definition) is 6. The van der Waals surface area contributed by atoms with E-state index in [1.165, 1.54) is 27.8 Å². The lowest BCUT2D eigenvalue weighted by Crippen LogP contribution is -2.40. The van der Waals surface area contributed by atoms with Crippen LogP contribution in [0, 0.1) is 5.82 Å². The number of ether oxygens (including phenoxy) is 1. The summed E-state index contributed by atoms with van der Waals surface area (Å²) in [5.41, 5.74) is 2.61. The zero-order valence-corrected chi connectivity index (χ0v) is 22.4. The Kier molecular flexibility index (Phi) is 9.08. The van der Waals surface area contributed by atoms with E-state index >= 15 is 0 Å². The van der Waals surface area contributed by atoms with Gasteiger partial charge in [0.25, 0.3) is 0 Å². The second-order valence-electron chi connectivity index (χ2n) is 8.56. The van der Waals surface area contributed by atoms with Crippen LogP contribution < -0.4 is 4.80 Å². The summed E-state index contributed by atoms with van der Waals surface area (Å²) < 4.78 is 48.3. The summed E-state index contributed by atoms with van der Waals surface area (Å²) in [5.74, 6) is -0.265. The van der Waals surface area contributed by atoms with Crippen LogP contribution in [0.5, 0.6) is 0 Å². The van der Waals surface area contributed by atoms with Gasteiger partial charge in [0.05, 0.1) is 29.5 Å². The Labute approximate surface area is 216 Å². The molecule has 0 spiro atoms. The number of benzene rings is 2. The Hall–Kier alpha value is -2.37. The predicted octanol–water partition coefficient (Wildman–Crippen LogP) is 4.34. The molecule has 10 heteroatoms. The van der Waals surface area contributed by atoms with Gasteiger partial charge in [-0.05, 0) is 80.1 Å². The van der Waals surface area contributed by atoms with Crippen molar-refractivity contribution in [2.45, 2.75) is 31.7 Å². The number of rotatable bonds is 10. The van der Waals surface area contributed by atoms with E-state index in [9.17, 15) is 12.8 Å². The first-order valence-electron chi connectivity index (χ1n) is 12.3. The van der Waals surface area contributed by atoms with E-state index in [-0.39, 0.29) is 10.7 Å². The molecule has 0 unspecified atom stereocenters. The van der Waals surface area contributed by atoms with Gasteiger partial charge in [-0.1, -0.05) is 13.8 Å². The third-order valence-electron chi connectivity index (χ3n) is 6.36. The molecule has 0 atom stereocenters. The quantitative estimate of drug-likeness (QED) is 0.390. The molecule has 1 aliphatic heterocycles. The van der Waals surface area contributed by atoms with Crippen LogP contribution in [0.2, 0.25) is 0 Å². The maximum absolute atomic E-state index is 13.5. The fourth-order valence-electron chi connectivity index (χ4n) is 4.22. The van der Waals surface area contributed by atoms with Gasteiger partial charge in [0.1, 0.15) is 5.82 Å². The molecule has 2 heterocycles. The molecule has 1 aliphatic rings. The minimum Gasteiger partial charge on any atom is -0.379 e. The predicted molar refractivity (Wildman–Crippen MR) is 141 cm³/mol. The number of nitrogens with zero attached hydrogens (tertiary/aromatic N) is 4. The summed E-state index contributed by atoms with van der Waals surface area (Å²) >= 11 is 1.52. The number of halogens is 1. The first-order valence-corrected chi connectivity index (χ1v) is 14.6. The van der Waals surface area contributed by atoms with Gasteiger partial charge in [-0.3, -0.25) is 0 Å². The van der Waals surface area contributed by atoms with Gasteiger partial charge in [0.2, 0.25) is 10.0 Å². The zero-order valence-electron chi connectivity index (χ0n) is 20.8. The second kappa shape index (κ2) is 12.2. The monoisotopic (exact) mass is 532 g/mol. The van der Waals surface area contributed by atoms with Crippen LogP contribution in [0.1, 0.15) is 20.3 Å². The van der Waals surface area contributed by atoms with Crippen LogP contribution in [0.25, 0.3) is 11.3 Å². The van der Waals surface area contributed by atoms with Crippen molar-refractivity contribution in [3.63, 3.8) is 0 Å². The smallest absolute Gasteiger partial charge is 0.243 e. The first kappa shape index (κ1) is 26.7. The summed E-state index contributed by atoms with van der Waals surface area (Å²) in [4.78, 5) is 8.30. The highest BCUT2D eigenvalue weighted by Gasteiger charge is 2.26. The minimum absolute atomic E-state index is 0.258. The van der Waals surface area contributed by atoms with Crippen molar-refractivity contribution < 1.29 is 17.5 Å². The fraction of sp³-hybridized carbons (Fsp3) is 0.423. The average molecular weight is 533 g/mol. The van der Waals surface area contributed by atoms with Gasteiger partial charge in [0, 0.05) is 25.0 Å². The van der Waals surface area contributed by atoms with Crippen molar-refractivity contribution in [3.05, 3.63) is 64.5 Å². The SMILES string of the molecule is CCN(CC)CCCn1c(-c2ccc(F)cc2)csc1=Nc1ccc(S(=O)(=O)N2CCOCC2)cc1. The minimum atomic E-state index is -3.55. The van der Waals surface area contributed by atoms with Crippen molar-refractivity contribution in [3.8, 4) is 11.3 Å². The molecule has 3 aromatic rings. The number of hydrogen-bond donors (Lipinski definition) is 0. The Morgan fingerprint density at radius 3 is 2.33 bits per heavy atom. The summed E-state index contributed by atoms with van der Waals surface area (Å²) in [6.07, 6.45) is 0.955. The van der Waals surface area contributed by atoms with Crippen LogP contribution in [-0.4, -0.2) is 68.1 Å². The first-order chi connectivity index (χ1) is 17.4. The number of morpholine rings is 1. The van der Waals surface area contributed by atoms with Crippen molar-refractivity contribution in [2.24, 2.45) is 4.99 Å². The molecule has 2 aromatic carbocycles. The van der Waals surface area contributed by atoms with Gasteiger partial charge in [-0.25, -0.2) is 17.8 Å². The molecule has 1 aromatic heterocycles. The average Bonchev–Trinajstić information content (AvgIpc) is 3.30. The van der Waals surface area contributed by atoms with Gasteiger partial charge >= 0.3 is 0 Å². The van der Waals surface area contributed by atoms with Crippen LogP contribution in [-0.2, 0) is 21.3 Å². The molecular weight excluding hydrogens is 499 g/mol. The Morgan fingerprint density at radius 1 is 1.03 bits per heavy atom. The van der Waals surface area contributed by atoms with Crippen LogP contribution in [0.4, 0.5) is 10.1 Å². The zero-order chi connectivity index (χ0) is 25.5. The Bertz CT molecular complexity index is 1290. The Morgan fingerprint density at radius 2 is 1.69 bits per heavy atom. The van der Waals surface area contributed by atoms with E-state index in [1.54, 1.807) is 36.4 Å². The van der Waals surface area contributed by atoms with E-state index in [0.29, 0.717) is 32.0 Å². The molecule has 0 radical (unpaired) electrons. The van der Waals surface area contributed by atoms with Gasteiger partial charge in [-0.15, -0.1) is 11.3 Å². The molecule has 7 nitrogen and oxygen atoms in total. The third-order valence-corrected chi connectivity index (χ3v) is 9.13. The van der Waals surface area contributed by atoms with Crippen LogP contribution >= 0.6 is 11.3 Å². The summed E-state index contributed by atoms with van der Waals surface area (Å²) in [6, 6.07) is 13.2. The fourth-order valence-corrected chi connectivity index (χ4v) is 6.58. The molecule has 1 saturated heterocycles. The maximum atomic E-state index is 13.5. The highest BCUT2D eigenvalue weighted by molar-refractivity contribution is 7.89. The molecule has 4 rings (SSSR count). The number of sulfonamides is 1. The van der Waals surface area contributed by atoms with Crippen LogP contribution in [0.15, 0.2) is 63.8 Å². The molecular formula is C26H33FN4O3S2. The molecule has 1 fully saturated rings. The van der Waals surface area contributed by atoms with Gasteiger partial charge in [-0.2, -0.15) is 4.31 Å². The third kappa shape index (κ3) is 6.30. The lowest BCUT2D eigenvalue weighted by atomic mass is 10.1. The molecule has 0 aliphatic carbocycles. The molecule has 36 heavy (non-hydrogen) atoms. The largest absolute Gasteiger partial charge is 0.379 e. The lowest BCUT2D eigenvalue weighted by molar-refractivity contribution is 0.0730. The highest BCUT2D eigenvalue weighted by Crippen LogP contribution is 2.23. The molecule has 0 N–H and O–H groups in total. The summed E-state index contributed by atoms with van der Waals surface area (Å²) in [6.45, 7) is 9.64. The molecule has 0 saturated carbocycles. The van der Waals surface area contributed by atoms with Crippen molar-refractivity contribution >= 4 is 27.0 Å². The van der Waals surface area contributed by atoms with Crippen molar-refractivity contribution in [1.29, 1.82) is 0 Å². The standard InChI is InChI=1S/C26H33FN4O3S2/c1-3-29(4-2)14-5-15-31-25(21-6-8-22(27)9-7-21)20-35-26(31)28-23-10-12-24(13-11-23)36(32,33)30-16-18-34-19-17-30/h6-13,20H,3-5,14-19H2,1-2H3. The van der Waals surface area contributed by atoms with Crippen LogP contribution in [0.3, 0.4) is 0 Å².